The van der Waals surface area contributed by atoms with Crippen LogP contribution in [0.15, 0.2) is 12.2 Å². The minimum atomic E-state index is -1.46. The third kappa shape index (κ3) is 13.3. The molecule has 0 amide bonds. The fraction of sp³-hybridized carbons (Fsp3) is 0.765. The quantitative estimate of drug-likeness (QED) is 0.149. The fourth-order valence-electron chi connectivity index (χ4n) is 2.17. The van der Waals surface area contributed by atoms with Crippen molar-refractivity contribution in [2.45, 2.75) is 59.9 Å². The number of rotatable bonds is 11. The van der Waals surface area contributed by atoms with E-state index in [0.717, 1.165) is 0 Å². The largest absolute Gasteiger partial charge is 0.505 e. The van der Waals surface area contributed by atoms with E-state index in [1.807, 2.05) is 13.8 Å². The van der Waals surface area contributed by atoms with Gasteiger partial charge in [-0.3, -0.25) is 0 Å². The average molecular weight is 362 g/mol. The lowest BCUT2D eigenvalue weighted by molar-refractivity contribution is -0.425. The fourth-order valence-corrected chi connectivity index (χ4v) is 2.17. The molecule has 0 rings (SSSR count). The molecule has 0 saturated carbocycles. The van der Waals surface area contributed by atoms with Crippen LogP contribution in [0.4, 0.5) is 4.79 Å². The second-order valence-corrected chi connectivity index (χ2v) is 7.47. The Hall–Kier alpha value is -1.64. The summed E-state index contributed by atoms with van der Waals surface area (Å²) in [5, 5.41) is 8.60. The first-order chi connectivity index (χ1) is 11.3. The highest BCUT2D eigenvalue weighted by molar-refractivity contribution is 5.86. The molecule has 8 nitrogen and oxygen atoms in total. The highest BCUT2D eigenvalue weighted by Crippen LogP contribution is 2.29. The Bertz CT molecular complexity index is 450. The van der Waals surface area contributed by atoms with Crippen LogP contribution in [-0.4, -0.2) is 48.9 Å². The zero-order valence-corrected chi connectivity index (χ0v) is 15.9. The van der Waals surface area contributed by atoms with Crippen LogP contribution >= 0.6 is 0 Å². The van der Waals surface area contributed by atoms with Crippen molar-refractivity contribution in [3.63, 3.8) is 0 Å². The van der Waals surface area contributed by atoms with Gasteiger partial charge in [-0.1, -0.05) is 27.4 Å². The van der Waals surface area contributed by atoms with Crippen LogP contribution in [0.2, 0.25) is 0 Å². The highest BCUT2D eigenvalue weighted by Gasteiger charge is 2.29. The molecule has 0 heterocycles. The summed E-state index contributed by atoms with van der Waals surface area (Å²) in [6.07, 6.45) is -1.85. The van der Waals surface area contributed by atoms with E-state index in [1.54, 1.807) is 0 Å². The molecule has 1 N–H and O–H groups in total. The molecule has 0 aliphatic carbocycles. The van der Waals surface area contributed by atoms with Crippen molar-refractivity contribution in [1.29, 1.82) is 0 Å². The maximum atomic E-state index is 11.3. The topological polar surface area (TPSA) is 101 Å². The second kappa shape index (κ2) is 10.4. The van der Waals surface area contributed by atoms with Gasteiger partial charge in [-0.05, 0) is 32.6 Å². The first-order valence-electron chi connectivity index (χ1n) is 7.97. The van der Waals surface area contributed by atoms with E-state index >= 15 is 0 Å². The van der Waals surface area contributed by atoms with Gasteiger partial charge in [-0.25, -0.2) is 19.4 Å². The Balaban J connectivity index is 4.44. The van der Waals surface area contributed by atoms with Crippen LogP contribution in [0, 0.1) is 5.41 Å². The summed E-state index contributed by atoms with van der Waals surface area (Å²) >= 11 is 0. The monoisotopic (exact) mass is 362 g/mol. The average Bonchev–Trinajstić information content (AvgIpc) is 2.42. The van der Waals surface area contributed by atoms with Crippen molar-refractivity contribution in [2.24, 2.45) is 5.41 Å². The number of esters is 1. The van der Waals surface area contributed by atoms with E-state index in [9.17, 15) is 9.59 Å². The molecule has 146 valence electrons. The number of hydrogen-bond acceptors (Lipinski definition) is 7. The van der Waals surface area contributed by atoms with Crippen LogP contribution < -0.4 is 0 Å². The van der Waals surface area contributed by atoms with Crippen molar-refractivity contribution >= 4 is 12.1 Å². The van der Waals surface area contributed by atoms with E-state index in [2.05, 4.69) is 32.1 Å². The van der Waals surface area contributed by atoms with Gasteiger partial charge < -0.3 is 19.3 Å². The molecule has 1 unspecified atom stereocenters. The Labute approximate surface area is 149 Å². The molecule has 0 saturated heterocycles. The van der Waals surface area contributed by atoms with Crippen molar-refractivity contribution in [3.05, 3.63) is 12.2 Å². The number of ether oxygens (including phenoxy) is 3. The molecule has 0 bridgehead atoms. The molecular weight excluding hydrogens is 332 g/mol. The van der Waals surface area contributed by atoms with Gasteiger partial charge in [-0.2, -0.15) is 0 Å². The van der Waals surface area contributed by atoms with Crippen LogP contribution in [0.25, 0.3) is 0 Å². The molecule has 0 aliphatic rings. The molecule has 0 aromatic rings. The van der Waals surface area contributed by atoms with Crippen LogP contribution in [0.3, 0.4) is 0 Å². The minimum absolute atomic E-state index is 0.0114. The van der Waals surface area contributed by atoms with Gasteiger partial charge in [0.15, 0.2) is 0 Å². The molecule has 8 heteroatoms. The Morgan fingerprint density at radius 2 is 1.68 bits per heavy atom. The van der Waals surface area contributed by atoms with Crippen LogP contribution in [0.5, 0.6) is 0 Å². The molecule has 25 heavy (non-hydrogen) atoms. The maximum absolute atomic E-state index is 11.3. The van der Waals surface area contributed by atoms with Crippen LogP contribution in [-0.2, 0) is 28.8 Å². The number of carbonyl (C=O) groups is 2. The van der Waals surface area contributed by atoms with Gasteiger partial charge in [0.25, 0.3) is 0 Å². The van der Waals surface area contributed by atoms with Gasteiger partial charge in [-0.15, -0.1) is 0 Å². The summed E-state index contributed by atoms with van der Waals surface area (Å²) in [5.74, 6) is -0.537. The Morgan fingerprint density at radius 3 is 2.16 bits per heavy atom. The van der Waals surface area contributed by atoms with E-state index in [1.165, 1.54) is 6.92 Å². The normalized spacial score (nSPS) is 13.2. The number of carbonyl (C=O) groups excluding carboxylic acids is 1. The molecule has 0 radical (unpaired) electrons. The number of hydrogen-bond donors (Lipinski definition) is 1. The summed E-state index contributed by atoms with van der Waals surface area (Å²) in [4.78, 5) is 32.4. The number of carboxylic acid groups (broad SMARTS) is 1. The summed E-state index contributed by atoms with van der Waals surface area (Å²) in [6.45, 7) is 14.4. The molecule has 0 aliphatic heterocycles. The van der Waals surface area contributed by atoms with E-state index < -0.39 is 24.0 Å². The van der Waals surface area contributed by atoms with Gasteiger partial charge in [0, 0.05) is 5.57 Å². The van der Waals surface area contributed by atoms with Crippen molar-refractivity contribution in [2.75, 3.05) is 19.8 Å². The predicted molar refractivity (Wildman–Crippen MR) is 89.8 cm³/mol. The van der Waals surface area contributed by atoms with Gasteiger partial charge in [0.2, 0.25) is 6.29 Å². The Morgan fingerprint density at radius 1 is 1.08 bits per heavy atom. The zero-order chi connectivity index (χ0) is 19.7. The smallest absolute Gasteiger partial charge is 0.460 e. The molecule has 0 aromatic heterocycles. The van der Waals surface area contributed by atoms with E-state index in [0.29, 0.717) is 6.42 Å². The van der Waals surface area contributed by atoms with E-state index in [4.69, 9.17) is 24.4 Å². The second-order valence-electron chi connectivity index (χ2n) is 7.47. The molecule has 1 atom stereocenters. The molecule has 0 spiro atoms. The molecule has 0 fully saturated rings. The maximum Gasteiger partial charge on any atom is 0.505 e. The zero-order valence-electron chi connectivity index (χ0n) is 15.9. The third-order valence-corrected chi connectivity index (χ3v) is 2.65. The lowest BCUT2D eigenvalue weighted by atomic mass is 9.84. The van der Waals surface area contributed by atoms with Crippen molar-refractivity contribution in [1.82, 2.24) is 0 Å². The highest BCUT2D eigenvalue weighted by atomic mass is 17.2. The van der Waals surface area contributed by atoms with Gasteiger partial charge in [0.1, 0.15) is 13.2 Å². The Kier molecular flexibility index (Phi) is 9.69. The lowest BCUT2D eigenvalue weighted by Crippen LogP contribution is -2.35. The minimum Gasteiger partial charge on any atom is -0.460 e. The predicted octanol–water partition coefficient (Wildman–Crippen LogP) is 3.31. The molecular formula is C17H30O8. The SMILES string of the molecule is C=C(C)C(=O)OCCOC(COC(=O)O)OOC(C)(C)CC(C)(C)C. The third-order valence-electron chi connectivity index (χ3n) is 2.65. The van der Waals surface area contributed by atoms with Gasteiger partial charge >= 0.3 is 12.1 Å². The van der Waals surface area contributed by atoms with E-state index in [-0.39, 0.29) is 30.8 Å². The lowest BCUT2D eigenvalue weighted by Gasteiger charge is -2.32. The first kappa shape index (κ1) is 23.4. The summed E-state index contributed by atoms with van der Waals surface area (Å²) in [5.41, 5.74) is -0.332. The van der Waals surface area contributed by atoms with Gasteiger partial charge in [0.05, 0.1) is 12.2 Å². The van der Waals surface area contributed by atoms with Crippen molar-refractivity contribution in [3.8, 4) is 0 Å². The van der Waals surface area contributed by atoms with Crippen LogP contribution in [0.1, 0.15) is 48.0 Å². The van der Waals surface area contributed by atoms with Crippen molar-refractivity contribution < 1.29 is 38.7 Å². The summed E-state index contributed by atoms with van der Waals surface area (Å²) in [6, 6.07) is 0. The standard InChI is InChI=1S/C17H30O8/c1-12(2)14(18)22-9-8-21-13(10-23-15(19)20)24-25-17(6,7)11-16(3,4)5/h13H,1,8-11H2,2-7H3,(H,19,20). The molecule has 0 aromatic carbocycles. The first-order valence-corrected chi connectivity index (χ1v) is 7.97. The summed E-state index contributed by atoms with van der Waals surface area (Å²) in [7, 11) is 0. The summed E-state index contributed by atoms with van der Waals surface area (Å²) < 4.78 is 14.6.